The lowest BCUT2D eigenvalue weighted by atomic mass is 9.95. The quantitative estimate of drug-likeness (QED) is 0.200. The molecule has 0 radical (unpaired) electrons. The maximum Gasteiger partial charge on any atom is 0.354 e. The number of hydrogen-bond donors (Lipinski definition) is 2. The standard InChI is InChI=1S/C35H21N5O4/c41-34(42)28-9-1-7-26(38-28)30-18-23(19-31(40-30)27-8-2-10-29(39-27)35(43)44)20-11-13-21(14-12-20)25-17-22-5-3-15-36-32(22)33-24(25)6-4-16-37-33/h1-19H,(H,41,42)(H,43,44). The van der Waals surface area contributed by atoms with Gasteiger partial charge in [0.2, 0.25) is 0 Å². The van der Waals surface area contributed by atoms with Crippen LogP contribution in [0, 0.1) is 0 Å². The van der Waals surface area contributed by atoms with Gasteiger partial charge in [-0.25, -0.2) is 24.5 Å². The molecule has 7 aromatic rings. The van der Waals surface area contributed by atoms with Crippen LogP contribution in [0.4, 0.5) is 0 Å². The Balaban J connectivity index is 1.36. The van der Waals surface area contributed by atoms with E-state index in [9.17, 15) is 19.8 Å². The maximum absolute atomic E-state index is 11.6. The van der Waals surface area contributed by atoms with Gasteiger partial charge in [-0.2, -0.15) is 0 Å². The van der Waals surface area contributed by atoms with E-state index in [1.165, 1.54) is 12.1 Å². The van der Waals surface area contributed by atoms with Gasteiger partial charge in [0.25, 0.3) is 0 Å². The number of aromatic nitrogens is 5. The zero-order valence-corrected chi connectivity index (χ0v) is 22.9. The number of benzene rings is 2. The second kappa shape index (κ2) is 10.8. The van der Waals surface area contributed by atoms with E-state index in [0.717, 1.165) is 44.1 Å². The molecular weight excluding hydrogens is 554 g/mol. The number of nitrogens with zero attached hydrogens (tertiary/aromatic N) is 5. The van der Waals surface area contributed by atoms with Crippen molar-refractivity contribution in [3.8, 4) is 45.0 Å². The summed E-state index contributed by atoms with van der Waals surface area (Å²) in [6.45, 7) is 0. The molecule has 2 aromatic carbocycles. The summed E-state index contributed by atoms with van der Waals surface area (Å²) in [6, 6.07) is 31.1. The van der Waals surface area contributed by atoms with Crippen molar-refractivity contribution in [3.05, 3.63) is 127 Å². The lowest BCUT2D eigenvalue weighted by Gasteiger charge is -2.12. The van der Waals surface area contributed by atoms with Gasteiger partial charge >= 0.3 is 11.9 Å². The molecule has 9 heteroatoms. The SMILES string of the molecule is O=C(O)c1cccc(-c2cc(-c3ccc(-c4cc5cccnc5c5ncccc45)cc3)cc(-c3cccc(C(=O)O)n3)n2)n1. The van der Waals surface area contributed by atoms with Gasteiger partial charge in [0.1, 0.15) is 11.4 Å². The monoisotopic (exact) mass is 575 g/mol. The molecular formula is C35H21N5O4. The van der Waals surface area contributed by atoms with Crippen LogP contribution in [-0.2, 0) is 0 Å². The predicted molar refractivity (Wildman–Crippen MR) is 166 cm³/mol. The molecule has 7 rings (SSSR count). The minimum Gasteiger partial charge on any atom is -0.477 e. The van der Waals surface area contributed by atoms with Gasteiger partial charge in [0, 0.05) is 23.2 Å². The Morgan fingerprint density at radius 3 is 1.68 bits per heavy atom. The smallest absolute Gasteiger partial charge is 0.354 e. The van der Waals surface area contributed by atoms with Crippen molar-refractivity contribution in [2.45, 2.75) is 0 Å². The van der Waals surface area contributed by atoms with Crippen molar-refractivity contribution in [2.75, 3.05) is 0 Å². The third kappa shape index (κ3) is 4.88. The second-order valence-electron chi connectivity index (χ2n) is 10.0. The van der Waals surface area contributed by atoms with Gasteiger partial charge in [0.05, 0.1) is 33.8 Å². The van der Waals surface area contributed by atoms with E-state index in [1.54, 1.807) is 36.7 Å². The molecule has 5 heterocycles. The van der Waals surface area contributed by atoms with Crippen molar-refractivity contribution in [2.24, 2.45) is 0 Å². The minimum atomic E-state index is -1.15. The van der Waals surface area contributed by atoms with Crippen LogP contribution in [0.15, 0.2) is 116 Å². The predicted octanol–water partition coefficient (Wildman–Crippen LogP) is 7.03. The van der Waals surface area contributed by atoms with Gasteiger partial charge in [-0.05, 0) is 76.9 Å². The molecule has 0 aliphatic heterocycles. The zero-order chi connectivity index (χ0) is 30.2. The largest absolute Gasteiger partial charge is 0.477 e. The zero-order valence-electron chi connectivity index (χ0n) is 22.9. The van der Waals surface area contributed by atoms with Crippen molar-refractivity contribution < 1.29 is 19.8 Å². The Morgan fingerprint density at radius 2 is 1.07 bits per heavy atom. The van der Waals surface area contributed by atoms with Gasteiger partial charge < -0.3 is 10.2 Å². The average molecular weight is 576 g/mol. The molecule has 0 aliphatic carbocycles. The summed E-state index contributed by atoms with van der Waals surface area (Å²) in [6.07, 6.45) is 3.53. The summed E-state index contributed by atoms with van der Waals surface area (Å²) >= 11 is 0. The molecule has 0 spiro atoms. The molecule has 0 aliphatic rings. The van der Waals surface area contributed by atoms with Crippen molar-refractivity contribution in [1.29, 1.82) is 0 Å². The summed E-state index contributed by atoms with van der Waals surface area (Å²) in [7, 11) is 0. The Morgan fingerprint density at radius 1 is 0.500 bits per heavy atom. The molecule has 0 bridgehead atoms. The van der Waals surface area contributed by atoms with Crippen LogP contribution in [0.1, 0.15) is 21.0 Å². The van der Waals surface area contributed by atoms with Crippen LogP contribution in [0.25, 0.3) is 66.8 Å². The van der Waals surface area contributed by atoms with Crippen LogP contribution < -0.4 is 0 Å². The number of carboxylic acids is 2. The number of rotatable bonds is 6. The fourth-order valence-corrected chi connectivity index (χ4v) is 5.21. The van der Waals surface area contributed by atoms with Gasteiger partial charge in [-0.15, -0.1) is 0 Å². The van der Waals surface area contributed by atoms with Crippen molar-refractivity contribution in [1.82, 2.24) is 24.9 Å². The van der Waals surface area contributed by atoms with Crippen LogP contribution in [-0.4, -0.2) is 47.1 Å². The van der Waals surface area contributed by atoms with Crippen LogP contribution >= 0.6 is 0 Å². The Kier molecular flexibility index (Phi) is 6.52. The first-order chi connectivity index (χ1) is 21.4. The van der Waals surface area contributed by atoms with Crippen molar-refractivity contribution >= 4 is 33.7 Å². The Bertz CT molecular complexity index is 2170. The summed E-state index contributed by atoms with van der Waals surface area (Å²) in [5, 5.41) is 21.0. The lowest BCUT2D eigenvalue weighted by Crippen LogP contribution is -2.03. The minimum absolute atomic E-state index is 0.112. The summed E-state index contributed by atoms with van der Waals surface area (Å²) in [5.41, 5.74) is 6.70. The summed E-state index contributed by atoms with van der Waals surface area (Å²) in [5.74, 6) is -2.30. The number of carbonyl (C=O) groups is 2. The van der Waals surface area contributed by atoms with Crippen LogP contribution in [0.3, 0.4) is 0 Å². The Labute approximate surface area is 250 Å². The highest BCUT2D eigenvalue weighted by molar-refractivity contribution is 6.10. The highest BCUT2D eigenvalue weighted by atomic mass is 16.4. The molecule has 0 unspecified atom stereocenters. The molecule has 210 valence electrons. The second-order valence-corrected chi connectivity index (χ2v) is 10.0. The van der Waals surface area contributed by atoms with E-state index in [2.05, 4.69) is 26.0 Å². The van der Waals surface area contributed by atoms with Gasteiger partial charge in [0.15, 0.2) is 0 Å². The number of carboxylic acid groups (broad SMARTS) is 2. The third-order valence-corrected chi connectivity index (χ3v) is 7.28. The fourth-order valence-electron chi connectivity index (χ4n) is 5.21. The number of pyridine rings is 5. The van der Waals surface area contributed by atoms with E-state index in [0.29, 0.717) is 22.8 Å². The summed E-state index contributed by atoms with van der Waals surface area (Å²) in [4.78, 5) is 45.6. The molecule has 0 amide bonds. The highest BCUT2D eigenvalue weighted by Crippen LogP contribution is 2.35. The van der Waals surface area contributed by atoms with Crippen molar-refractivity contribution in [3.63, 3.8) is 0 Å². The van der Waals surface area contributed by atoms with E-state index in [1.807, 2.05) is 60.7 Å². The molecule has 0 saturated heterocycles. The number of hydrogen-bond acceptors (Lipinski definition) is 7. The van der Waals surface area contributed by atoms with E-state index < -0.39 is 11.9 Å². The molecule has 0 fully saturated rings. The third-order valence-electron chi connectivity index (χ3n) is 7.28. The molecule has 0 atom stereocenters. The summed E-state index contributed by atoms with van der Waals surface area (Å²) < 4.78 is 0. The topological polar surface area (TPSA) is 139 Å². The fraction of sp³-hybridized carbons (Fsp3) is 0. The van der Waals surface area contributed by atoms with E-state index in [4.69, 9.17) is 4.98 Å². The first kappa shape index (κ1) is 26.5. The van der Waals surface area contributed by atoms with Gasteiger partial charge in [-0.1, -0.05) is 48.5 Å². The molecule has 9 nitrogen and oxygen atoms in total. The highest BCUT2D eigenvalue weighted by Gasteiger charge is 2.15. The van der Waals surface area contributed by atoms with E-state index in [-0.39, 0.29) is 11.4 Å². The van der Waals surface area contributed by atoms with Crippen LogP contribution in [0.5, 0.6) is 0 Å². The average Bonchev–Trinajstić information content (AvgIpc) is 3.08. The number of fused-ring (bicyclic) bond motifs is 3. The molecule has 44 heavy (non-hydrogen) atoms. The maximum atomic E-state index is 11.6. The van der Waals surface area contributed by atoms with Crippen LogP contribution in [0.2, 0.25) is 0 Å². The molecule has 2 N–H and O–H groups in total. The van der Waals surface area contributed by atoms with E-state index >= 15 is 0 Å². The Hall–Kier alpha value is -6.35. The molecule has 0 saturated carbocycles. The normalized spacial score (nSPS) is 11.1. The molecule has 5 aromatic heterocycles. The van der Waals surface area contributed by atoms with Gasteiger partial charge in [-0.3, -0.25) is 9.97 Å². The first-order valence-electron chi connectivity index (χ1n) is 13.6. The lowest BCUT2D eigenvalue weighted by molar-refractivity contribution is 0.0680. The first-order valence-corrected chi connectivity index (χ1v) is 13.6. The number of aromatic carboxylic acids is 2.